The molecule has 0 aliphatic carbocycles. The minimum absolute atomic E-state index is 0.0453. The molecule has 0 heterocycles. The quantitative estimate of drug-likeness (QED) is 0.533. The summed E-state index contributed by atoms with van der Waals surface area (Å²) in [4.78, 5) is 22.2. The molecular formula is C10H16N2O3S. The van der Waals surface area contributed by atoms with E-state index in [0.29, 0.717) is 6.42 Å². The molecule has 4 N–H and O–H groups in total. The lowest BCUT2D eigenvalue weighted by molar-refractivity contribution is -0.141. The number of aliphatic carboxylic acids is 1. The fourth-order valence-corrected chi connectivity index (χ4v) is 1.46. The molecule has 16 heavy (non-hydrogen) atoms. The Morgan fingerprint density at radius 3 is 2.69 bits per heavy atom. The van der Waals surface area contributed by atoms with E-state index in [1.807, 2.05) is 6.26 Å². The smallest absolute Gasteiger partial charge is 0.327 e. The van der Waals surface area contributed by atoms with E-state index in [2.05, 4.69) is 11.2 Å². The number of carboxylic acid groups (broad SMARTS) is 1. The van der Waals surface area contributed by atoms with Gasteiger partial charge in [0.2, 0.25) is 5.91 Å². The normalized spacial score (nSPS) is 13.6. The van der Waals surface area contributed by atoms with Crippen molar-refractivity contribution in [3.05, 3.63) is 0 Å². The third-order valence-electron chi connectivity index (χ3n) is 1.91. The molecule has 0 aromatic carbocycles. The van der Waals surface area contributed by atoms with E-state index in [9.17, 15) is 9.59 Å². The van der Waals surface area contributed by atoms with Crippen molar-refractivity contribution in [2.45, 2.75) is 24.9 Å². The Morgan fingerprint density at radius 1 is 1.62 bits per heavy atom. The topological polar surface area (TPSA) is 92.4 Å². The Morgan fingerprint density at radius 2 is 2.25 bits per heavy atom. The third kappa shape index (κ3) is 5.63. The van der Waals surface area contributed by atoms with Gasteiger partial charge in [0.25, 0.3) is 0 Å². The van der Waals surface area contributed by atoms with Gasteiger partial charge in [-0.15, -0.1) is 12.3 Å². The summed E-state index contributed by atoms with van der Waals surface area (Å²) in [6.07, 6.45) is 7.37. The Kier molecular flexibility index (Phi) is 7.42. The van der Waals surface area contributed by atoms with Crippen molar-refractivity contribution < 1.29 is 14.7 Å². The van der Waals surface area contributed by atoms with Crippen molar-refractivity contribution >= 4 is 23.6 Å². The van der Waals surface area contributed by atoms with Crippen molar-refractivity contribution in [2.24, 2.45) is 5.73 Å². The van der Waals surface area contributed by atoms with Gasteiger partial charge in [0.1, 0.15) is 6.04 Å². The van der Waals surface area contributed by atoms with E-state index in [4.69, 9.17) is 17.3 Å². The number of nitrogens with two attached hydrogens (primary N) is 1. The number of rotatable bonds is 7. The number of hydrogen-bond acceptors (Lipinski definition) is 4. The second kappa shape index (κ2) is 8.02. The van der Waals surface area contributed by atoms with Crippen LogP contribution in [-0.4, -0.2) is 41.1 Å². The van der Waals surface area contributed by atoms with Gasteiger partial charge in [0.05, 0.1) is 6.04 Å². The minimum Gasteiger partial charge on any atom is -0.480 e. The van der Waals surface area contributed by atoms with Gasteiger partial charge in [-0.1, -0.05) is 0 Å². The highest BCUT2D eigenvalue weighted by Crippen LogP contribution is 2.00. The molecule has 90 valence electrons. The van der Waals surface area contributed by atoms with E-state index in [-0.39, 0.29) is 6.42 Å². The van der Waals surface area contributed by atoms with Crippen LogP contribution in [0, 0.1) is 12.3 Å². The standard InChI is InChI=1S/C10H16N2O3S/c1-3-4-8(10(14)15)12-9(13)7(11)5-6-16-2/h1,7-8H,4-6,11H2,2H3,(H,12,13)(H,14,15)/t7-,8?/m1/s1. The minimum atomic E-state index is -1.15. The first-order valence-electron chi connectivity index (χ1n) is 4.74. The summed E-state index contributed by atoms with van der Waals surface area (Å²) in [5.41, 5.74) is 5.58. The van der Waals surface area contributed by atoms with Gasteiger partial charge in [-0.2, -0.15) is 11.8 Å². The number of terminal acetylenes is 1. The molecule has 2 atom stereocenters. The largest absolute Gasteiger partial charge is 0.480 e. The van der Waals surface area contributed by atoms with Crippen LogP contribution < -0.4 is 11.1 Å². The predicted molar refractivity (Wildman–Crippen MR) is 64.0 cm³/mol. The number of thioether (sulfide) groups is 1. The molecule has 0 fully saturated rings. The maximum atomic E-state index is 11.5. The lowest BCUT2D eigenvalue weighted by Gasteiger charge is -2.15. The summed E-state index contributed by atoms with van der Waals surface area (Å²) in [5.74, 6) is 1.32. The van der Waals surface area contributed by atoms with Gasteiger partial charge in [0, 0.05) is 6.42 Å². The number of nitrogens with one attached hydrogen (secondary N) is 1. The summed E-state index contributed by atoms with van der Waals surface area (Å²) in [6, 6.07) is -1.75. The molecule has 0 radical (unpaired) electrons. The van der Waals surface area contributed by atoms with E-state index in [1.54, 1.807) is 11.8 Å². The number of carbonyl (C=O) groups excluding carboxylic acids is 1. The zero-order valence-corrected chi connectivity index (χ0v) is 9.92. The van der Waals surface area contributed by atoms with Crippen LogP contribution in [0.25, 0.3) is 0 Å². The lowest BCUT2D eigenvalue weighted by Crippen LogP contribution is -2.48. The molecule has 0 aliphatic heterocycles. The van der Waals surface area contributed by atoms with Crippen LogP contribution in [0.4, 0.5) is 0 Å². The first kappa shape index (κ1) is 14.8. The Labute approximate surface area is 99.2 Å². The van der Waals surface area contributed by atoms with Gasteiger partial charge in [0.15, 0.2) is 0 Å². The molecule has 0 aliphatic rings. The summed E-state index contributed by atoms with van der Waals surface area (Å²) < 4.78 is 0. The Bertz CT molecular complexity index is 288. The second-order valence-electron chi connectivity index (χ2n) is 3.20. The van der Waals surface area contributed by atoms with Gasteiger partial charge < -0.3 is 16.2 Å². The van der Waals surface area contributed by atoms with E-state index < -0.39 is 24.0 Å². The number of hydrogen-bond donors (Lipinski definition) is 3. The van der Waals surface area contributed by atoms with E-state index in [0.717, 1.165) is 5.75 Å². The second-order valence-corrected chi connectivity index (χ2v) is 4.18. The van der Waals surface area contributed by atoms with Gasteiger partial charge in [-0.05, 0) is 18.4 Å². The highest BCUT2D eigenvalue weighted by molar-refractivity contribution is 7.98. The predicted octanol–water partition coefficient (Wildman–Crippen LogP) is -0.340. The Balaban J connectivity index is 4.18. The fourth-order valence-electron chi connectivity index (χ4n) is 0.973. The maximum absolute atomic E-state index is 11.5. The highest BCUT2D eigenvalue weighted by atomic mass is 32.2. The highest BCUT2D eigenvalue weighted by Gasteiger charge is 2.21. The molecule has 0 spiro atoms. The van der Waals surface area contributed by atoms with Crippen molar-refractivity contribution in [3.8, 4) is 12.3 Å². The van der Waals surface area contributed by atoms with Crippen LogP contribution in [-0.2, 0) is 9.59 Å². The van der Waals surface area contributed by atoms with Gasteiger partial charge in [-0.25, -0.2) is 4.79 Å². The average Bonchev–Trinajstić information content (AvgIpc) is 2.24. The van der Waals surface area contributed by atoms with Crippen molar-refractivity contribution in [1.29, 1.82) is 0 Å². The van der Waals surface area contributed by atoms with Crippen molar-refractivity contribution in [3.63, 3.8) is 0 Å². The summed E-state index contributed by atoms with van der Waals surface area (Å²) >= 11 is 1.57. The first-order valence-corrected chi connectivity index (χ1v) is 6.13. The molecule has 0 aromatic rings. The fraction of sp³-hybridized carbons (Fsp3) is 0.600. The number of amides is 1. The summed E-state index contributed by atoms with van der Waals surface area (Å²) in [6.45, 7) is 0. The third-order valence-corrected chi connectivity index (χ3v) is 2.55. The molecule has 5 nitrogen and oxygen atoms in total. The SMILES string of the molecule is C#CCC(NC(=O)[C@H](N)CCSC)C(=O)O. The zero-order valence-electron chi connectivity index (χ0n) is 9.10. The number of carboxylic acids is 1. The van der Waals surface area contributed by atoms with E-state index in [1.165, 1.54) is 0 Å². The van der Waals surface area contributed by atoms with Gasteiger partial charge >= 0.3 is 5.97 Å². The summed E-state index contributed by atoms with van der Waals surface area (Å²) in [5, 5.41) is 11.1. The summed E-state index contributed by atoms with van der Waals surface area (Å²) in [7, 11) is 0. The lowest BCUT2D eigenvalue weighted by atomic mass is 10.1. The van der Waals surface area contributed by atoms with E-state index >= 15 is 0 Å². The monoisotopic (exact) mass is 244 g/mol. The molecule has 0 bridgehead atoms. The van der Waals surface area contributed by atoms with Crippen LogP contribution in [0.3, 0.4) is 0 Å². The molecule has 0 saturated carbocycles. The first-order chi connectivity index (χ1) is 7.52. The van der Waals surface area contributed by atoms with Crippen LogP contribution in [0.15, 0.2) is 0 Å². The van der Waals surface area contributed by atoms with Gasteiger partial charge in [-0.3, -0.25) is 4.79 Å². The van der Waals surface area contributed by atoms with Crippen LogP contribution in [0.1, 0.15) is 12.8 Å². The number of carbonyl (C=O) groups is 2. The van der Waals surface area contributed by atoms with Crippen molar-refractivity contribution in [2.75, 3.05) is 12.0 Å². The zero-order chi connectivity index (χ0) is 12.6. The molecule has 6 heteroatoms. The van der Waals surface area contributed by atoms with Crippen molar-refractivity contribution in [1.82, 2.24) is 5.32 Å². The molecule has 1 unspecified atom stereocenters. The average molecular weight is 244 g/mol. The maximum Gasteiger partial charge on any atom is 0.327 e. The molecule has 0 rings (SSSR count). The van der Waals surface area contributed by atoms with Crippen LogP contribution in [0.5, 0.6) is 0 Å². The molecular weight excluding hydrogens is 228 g/mol. The van der Waals surface area contributed by atoms with Crippen LogP contribution >= 0.6 is 11.8 Å². The molecule has 0 saturated heterocycles. The van der Waals surface area contributed by atoms with Crippen LogP contribution in [0.2, 0.25) is 0 Å². The molecule has 1 amide bonds. The Hall–Kier alpha value is -1.19. The molecule has 0 aromatic heterocycles.